The largest absolute Gasteiger partial charge is 0.369 e. The molecular weight excluding hydrogens is 395 g/mol. The first-order valence-corrected chi connectivity index (χ1v) is 7.27. The van der Waals surface area contributed by atoms with Crippen molar-refractivity contribution in [2.45, 2.75) is 0 Å². The third-order valence-electron chi connectivity index (χ3n) is 2.64. The number of pyridine rings is 1. The summed E-state index contributed by atoms with van der Waals surface area (Å²) in [5.41, 5.74) is 8.10. The number of rotatable bonds is 1. The molecule has 3 aromatic rings. The Hall–Kier alpha value is -1.11. The Bertz CT molecular complexity index is 785. The van der Waals surface area contributed by atoms with Crippen molar-refractivity contribution in [1.82, 2.24) is 14.5 Å². The molecule has 0 atom stereocenters. The van der Waals surface area contributed by atoms with Gasteiger partial charge in [0.2, 0.25) is 5.95 Å². The van der Waals surface area contributed by atoms with Gasteiger partial charge in [0.1, 0.15) is 5.52 Å². The minimum absolute atomic E-state index is 0.348. The third-order valence-corrected chi connectivity index (χ3v) is 3.89. The molecule has 4 nitrogen and oxygen atoms in total. The topological polar surface area (TPSA) is 56.7 Å². The molecule has 0 aliphatic rings. The van der Waals surface area contributed by atoms with Crippen molar-refractivity contribution in [3.05, 3.63) is 44.4 Å². The van der Waals surface area contributed by atoms with Crippen LogP contribution in [0, 0.1) is 0 Å². The van der Waals surface area contributed by atoms with Crippen molar-refractivity contribution in [3.8, 4) is 5.69 Å². The van der Waals surface area contributed by atoms with Gasteiger partial charge in [-0.3, -0.25) is 4.57 Å². The normalized spacial score (nSPS) is 11.1. The summed E-state index contributed by atoms with van der Waals surface area (Å²) in [4.78, 5) is 8.64. The third kappa shape index (κ3) is 2.24. The summed E-state index contributed by atoms with van der Waals surface area (Å²) in [6.45, 7) is 0. The van der Waals surface area contributed by atoms with E-state index in [-0.39, 0.29) is 0 Å². The number of aromatic nitrogens is 3. The number of nitrogen functional groups attached to an aromatic ring is 1. The number of nitrogens with zero attached hydrogens (tertiary/aromatic N) is 3. The lowest BCUT2D eigenvalue weighted by atomic mass is 10.3. The molecule has 0 fully saturated rings. The summed E-state index contributed by atoms with van der Waals surface area (Å²) in [6.07, 6.45) is 1.70. The average molecular weight is 402 g/mol. The highest BCUT2D eigenvalue weighted by atomic mass is 79.9. The first-order chi connectivity index (χ1) is 9.06. The quantitative estimate of drug-likeness (QED) is 0.664. The van der Waals surface area contributed by atoms with E-state index in [1.54, 1.807) is 16.8 Å². The number of hydrogen-bond donors (Lipinski definition) is 1. The van der Waals surface area contributed by atoms with E-state index >= 15 is 0 Å². The minimum Gasteiger partial charge on any atom is -0.369 e. The van der Waals surface area contributed by atoms with Crippen molar-refractivity contribution >= 4 is 60.6 Å². The first-order valence-electron chi connectivity index (χ1n) is 5.31. The molecule has 0 radical (unpaired) electrons. The maximum atomic E-state index is 6.23. The molecule has 0 aliphatic heterocycles. The molecule has 3 rings (SSSR count). The zero-order chi connectivity index (χ0) is 13.6. The predicted octanol–water partition coefficient (Wildman–Crippen LogP) is 4.18. The molecule has 2 heterocycles. The molecule has 96 valence electrons. The number of anilines is 1. The monoisotopic (exact) mass is 400 g/mol. The van der Waals surface area contributed by atoms with Crippen LogP contribution in [0.15, 0.2) is 39.4 Å². The van der Waals surface area contributed by atoms with E-state index in [0.717, 1.165) is 14.6 Å². The fourth-order valence-corrected chi connectivity index (χ4v) is 2.72. The van der Waals surface area contributed by atoms with E-state index in [1.807, 2.05) is 18.2 Å². The van der Waals surface area contributed by atoms with Crippen LogP contribution < -0.4 is 5.73 Å². The molecule has 19 heavy (non-hydrogen) atoms. The molecule has 1 aromatic carbocycles. The van der Waals surface area contributed by atoms with Gasteiger partial charge in [0.25, 0.3) is 0 Å². The second-order valence-corrected chi connectivity index (χ2v) is 6.14. The second-order valence-electron chi connectivity index (χ2n) is 3.90. The Kier molecular flexibility index (Phi) is 3.24. The van der Waals surface area contributed by atoms with Crippen LogP contribution in [-0.4, -0.2) is 14.5 Å². The lowest BCUT2D eigenvalue weighted by Gasteiger charge is -2.08. The van der Waals surface area contributed by atoms with Crippen molar-refractivity contribution in [1.29, 1.82) is 0 Å². The van der Waals surface area contributed by atoms with Crippen molar-refractivity contribution in [3.63, 3.8) is 0 Å². The highest BCUT2D eigenvalue weighted by Gasteiger charge is 2.14. The van der Waals surface area contributed by atoms with Gasteiger partial charge in [0, 0.05) is 15.1 Å². The van der Waals surface area contributed by atoms with Crippen molar-refractivity contribution < 1.29 is 0 Å². The van der Waals surface area contributed by atoms with Gasteiger partial charge in [-0.15, -0.1) is 0 Å². The van der Waals surface area contributed by atoms with E-state index in [2.05, 4.69) is 41.8 Å². The molecule has 0 bridgehead atoms. The van der Waals surface area contributed by atoms with E-state index in [0.29, 0.717) is 22.1 Å². The van der Waals surface area contributed by atoms with Crippen LogP contribution in [0.5, 0.6) is 0 Å². The van der Waals surface area contributed by atoms with Crippen molar-refractivity contribution in [2.75, 3.05) is 5.73 Å². The van der Waals surface area contributed by atoms with Crippen LogP contribution in [0.2, 0.25) is 5.02 Å². The molecule has 0 amide bonds. The highest BCUT2D eigenvalue weighted by Crippen LogP contribution is 2.30. The van der Waals surface area contributed by atoms with Gasteiger partial charge in [0.05, 0.1) is 10.7 Å². The van der Waals surface area contributed by atoms with Gasteiger partial charge in [-0.2, -0.15) is 0 Å². The molecule has 7 heteroatoms. The Labute approximate surface area is 130 Å². The maximum absolute atomic E-state index is 6.23. The zero-order valence-electron chi connectivity index (χ0n) is 9.44. The summed E-state index contributed by atoms with van der Waals surface area (Å²) in [5.74, 6) is 0.348. The predicted molar refractivity (Wildman–Crippen MR) is 83.7 cm³/mol. The number of imidazole rings is 1. The summed E-state index contributed by atoms with van der Waals surface area (Å²) in [5, 5.41) is 0.582. The number of fused-ring (bicyclic) bond motifs is 1. The SMILES string of the molecule is Nc1nc2cc(Br)cnc2n1-c1cc(Br)ccc1Cl. The number of hydrogen-bond acceptors (Lipinski definition) is 3. The smallest absolute Gasteiger partial charge is 0.207 e. The van der Waals surface area contributed by atoms with E-state index in [4.69, 9.17) is 17.3 Å². The van der Waals surface area contributed by atoms with E-state index in [9.17, 15) is 0 Å². The molecule has 0 unspecified atom stereocenters. The fraction of sp³-hybridized carbons (Fsp3) is 0. The summed E-state index contributed by atoms with van der Waals surface area (Å²) in [6, 6.07) is 7.40. The van der Waals surface area contributed by atoms with Crippen LogP contribution in [-0.2, 0) is 0 Å². The number of halogens is 3. The standard InChI is InChI=1S/C12H7Br2ClN4/c13-6-1-2-8(15)10(4-6)19-11-9(18-12(19)16)3-7(14)5-17-11/h1-5H,(H2,16,18). The average Bonchev–Trinajstić information content (AvgIpc) is 2.67. The van der Waals surface area contributed by atoms with Gasteiger partial charge in [-0.05, 0) is 40.2 Å². The Morgan fingerprint density at radius 2 is 1.95 bits per heavy atom. The van der Waals surface area contributed by atoms with Crippen LogP contribution in [0.4, 0.5) is 5.95 Å². The first kappa shape index (κ1) is 12.9. The molecule has 0 aliphatic carbocycles. The van der Waals surface area contributed by atoms with Crippen LogP contribution in [0.3, 0.4) is 0 Å². The van der Waals surface area contributed by atoms with Gasteiger partial charge in [0.15, 0.2) is 5.65 Å². The Morgan fingerprint density at radius 3 is 2.74 bits per heavy atom. The van der Waals surface area contributed by atoms with Crippen LogP contribution >= 0.6 is 43.5 Å². The highest BCUT2D eigenvalue weighted by molar-refractivity contribution is 9.10. The number of benzene rings is 1. The van der Waals surface area contributed by atoms with Crippen molar-refractivity contribution in [2.24, 2.45) is 0 Å². The van der Waals surface area contributed by atoms with Gasteiger partial charge >= 0.3 is 0 Å². The van der Waals surface area contributed by atoms with Gasteiger partial charge in [-0.1, -0.05) is 27.5 Å². The van der Waals surface area contributed by atoms with Gasteiger partial charge in [-0.25, -0.2) is 9.97 Å². The molecule has 2 N–H and O–H groups in total. The Balaban J connectivity index is 2.36. The van der Waals surface area contributed by atoms with Crippen LogP contribution in [0.25, 0.3) is 16.9 Å². The molecule has 2 aromatic heterocycles. The molecule has 0 saturated carbocycles. The zero-order valence-corrected chi connectivity index (χ0v) is 13.4. The summed E-state index contributed by atoms with van der Waals surface area (Å²) >= 11 is 13.0. The summed E-state index contributed by atoms with van der Waals surface area (Å²) in [7, 11) is 0. The maximum Gasteiger partial charge on any atom is 0.207 e. The molecule has 0 spiro atoms. The molecular formula is C12H7Br2ClN4. The summed E-state index contributed by atoms with van der Waals surface area (Å²) < 4.78 is 3.49. The minimum atomic E-state index is 0.348. The number of nitrogens with two attached hydrogens (primary N) is 1. The lowest BCUT2D eigenvalue weighted by molar-refractivity contribution is 1.08. The lowest BCUT2D eigenvalue weighted by Crippen LogP contribution is -2.02. The van der Waals surface area contributed by atoms with E-state index < -0.39 is 0 Å². The molecule has 0 saturated heterocycles. The Morgan fingerprint density at radius 1 is 1.16 bits per heavy atom. The van der Waals surface area contributed by atoms with E-state index in [1.165, 1.54) is 0 Å². The van der Waals surface area contributed by atoms with Gasteiger partial charge < -0.3 is 5.73 Å². The van der Waals surface area contributed by atoms with Crippen LogP contribution in [0.1, 0.15) is 0 Å². The second kappa shape index (κ2) is 4.77. The fourth-order valence-electron chi connectivity index (χ4n) is 1.85.